The zero-order valence-electron chi connectivity index (χ0n) is 11.7. The summed E-state index contributed by atoms with van der Waals surface area (Å²) in [4.78, 5) is 11.2. The topological polar surface area (TPSA) is 55.0 Å². The largest absolute Gasteiger partial charge is 0.384 e. The number of rotatable bonds is 3. The predicted octanol–water partition coefficient (Wildman–Crippen LogP) is 2.95. The second kappa shape index (κ2) is 5.55. The van der Waals surface area contributed by atoms with Gasteiger partial charge < -0.3 is 10.6 Å². The van der Waals surface area contributed by atoms with Crippen LogP contribution in [0.15, 0.2) is 6.07 Å². The molecule has 1 aromatic rings. The molecule has 0 aromatic carbocycles. The molecule has 0 bridgehead atoms. The van der Waals surface area contributed by atoms with E-state index < -0.39 is 0 Å². The lowest BCUT2D eigenvalue weighted by Gasteiger charge is -2.32. The van der Waals surface area contributed by atoms with Gasteiger partial charge in [0.1, 0.15) is 17.5 Å². The normalized spacial score (nSPS) is 17.1. The van der Waals surface area contributed by atoms with Crippen LogP contribution in [0.3, 0.4) is 0 Å². The highest BCUT2D eigenvalue weighted by Crippen LogP contribution is 2.26. The van der Waals surface area contributed by atoms with Crippen molar-refractivity contribution in [3.8, 4) is 0 Å². The van der Waals surface area contributed by atoms with Crippen LogP contribution < -0.4 is 10.6 Å². The molecule has 2 rings (SSSR count). The Morgan fingerprint density at radius 1 is 1.22 bits per heavy atom. The molecular formula is C14H24N4. The smallest absolute Gasteiger partial charge is 0.135 e. The Bertz CT molecular complexity index is 397. The fourth-order valence-electron chi connectivity index (χ4n) is 2.57. The third-order valence-corrected chi connectivity index (χ3v) is 3.75. The predicted molar refractivity (Wildman–Crippen MR) is 75.8 cm³/mol. The summed E-state index contributed by atoms with van der Waals surface area (Å²) in [5.41, 5.74) is 5.89. The van der Waals surface area contributed by atoms with Crippen molar-refractivity contribution in [2.75, 3.05) is 17.7 Å². The molecule has 18 heavy (non-hydrogen) atoms. The molecule has 2 N–H and O–H groups in total. The maximum atomic E-state index is 5.89. The number of nitrogen functional groups attached to an aromatic ring is 1. The number of nitrogens with two attached hydrogens (primary N) is 1. The lowest BCUT2D eigenvalue weighted by Crippen LogP contribution is -2.34. The second-order valence-electron chi connectivity index (χ2n) is 5.57. The summed E-state index contributed by atoms with van der Waals surface area (Å²) >= 11 is 0. The monoisotopic (exact) mass is 248 g/mol. The van der Waals surface area contributed by atoms with Gasteiger partial charge in [0, 0.05) is 25.1 Å². The molecule has 0 spiro atoms. The SMILES string of the molecule is CC(C)c1nc(N)cc(N(C)C2CCCCC2)n1. The van der Waals surface area contributed by atoms with Gasteiger partial charge >= 0.3 is 0 Å². The van der Waals surface area contributed by atoms with E-state index in [9.17, 15) is 0 Å². The van der Waals surface area contributed by atoms with Gasteiger partial charge in [-0.1, -0.05) is 33.1 Å². The zero-order chi connectivity index (χ0) is 13.1. The maximum absolute atomic E-state index is 5.89. The zero-order valence-corrected chi connectivity index (χ0v) is 11.7. The van der Waals surface area contributed by atoms with E-state index in [1.807, 2.05) is 6.07 Å². The van der Waals surface area contributed by atoms with E-state index in [4.69, 9.17) is 5.73 Å². The van der Waals surface area contributed by atoms with Crippen LogP contribution >= 0.6 is 0 Å². The van der Waals surface area contributed by atoms with Crippen LogP contribution in [-0.2, 0) is 0 Å². The minimum Gasteiger partial charge on any atom is -0.384 e. The molecule has 0 aliphatic heterocycles. The quantitative estimate of drug-likeness (QED) is 0.893. The van der Waals surface area contributed by atoms with Crippen LogP contribution in [0.1, 0.15) is 57.7 Å². The van der Waals surface area contributed by atoms with Crippen molar-refractivity contribution in [1.82, 2.24) is 9.97 Å². The Hall–Kier alpha value is -1.32. The number of anilines is 2. The number of hydrogen-bond donors (Lipinski definition) is 1. The van der Waals surface area contributed by atoms with Crippen LogP contribution in [0.2, 0.25) is 0 Å². The molecule has 1 aromatic heterocycles. The van der Waals surface area contributed by atoms with Gasteiger partial charge in [-0.3, -0.25) is 0 Å². The van der Waals surface area contributed by atoms with Crippen LogP contribution in [0, 0.1) is 0 Å². The Morgan fingerprint density at radius 2 is 1.89 bits per heavy atom. The lowest BCUT2D eigenvalue weighted by molar-refractivity contribution is 0.425. The van der Waals surface area contributed by atoms with Crippen LogP contribution in [-0.4, -0.2) is 23.1 Å². The van der Waals surface area contributed by atoms with Gasteiger partial charge in [-0.05, 0) is 12.8 Å². The summed E-state index contributed by atoms with van der Waals surface area (Å²) in [6.07, 6.45) is 6.54. The van der Waals surface area contributed by atoms with Crippen molar-refractivity contribution in [3.05, 3.63) is 11.9 Å². The van der Waals surface area contributed by atoms with Gasteiger partial charge in [0.05, 0.1) is 0 Å². The molecule has 1 aliphatic carbocycles. The fraction of sp³-hybridized carbons (Fsp3) is 0.714. The van der Waals surface area contributed by atoms with E-state index in [-0.39, 0.29) is 0 Å². The van der Waals surface area contributed by atoms with Gasteiger partial charge in [-0.15, -0.1) is 0 Å². The molecule has 1 heterocycles. The van der Waals surface area contributed by atoms with Crippen LogP contribution in [0.5, 0.6) is 0 Å². The first-order valence-electron chi connectivity index (χ1n) is 6.95. The van der Waals surface area contributed by atoms with Crippen molar-refractivity contribution in [2.45, 2.75) is 57.9 Å². The third-order valence-electron chi connectivity index (χ3n) is 3.75. The van der Waals surface area contributed by atoms with Gasteiger partial charge in [0.2, 0.25) is 0 Å². The molecule has 4 heteroatoms. The fourth-order valence-corrected chi connectivity index (χ4v) is 2.57. The number of nitrogens with zero attached hydrogens (tertiary/aromatic N) is 3. The first-order chi connectivity index (χ1) is 8.58. The third kappa shape index (κ3) is 2.92. The summed E-state index contributed by atoms with van der Waals surface area (Å²) in [6.45, 7) is 4.19. The average molecular weight is 248 g/mol. The highest BCUT2D eigenvalue weighted by Gasteiger charge is 2.20. The summed E-state index contributed by atoms with van der Waals surface area (Å²) in [7, 11) is 2.13. The van der Waals surface area contributed by atoms with E-state index in [0.29, 0.717) is 17.8 Å². The summed E-state index contributed by atoms with van der Waals surface area (Å²) < 4.78 is 0. The van der Waals surface area contributed by atoms with Crippen molar-refractivity contribution in [3.63, 3.8) is 0 Å². The Labute approximate surface area is 110 Å². The summed E-state index contributed by atoms with van der Waals surface area (Å²) in [5, 5.41) is 0. The van der Waals surface area contributed by atoms with E-state index >= 15 is 0 Å². The molecule has 1 aliphatic rings. The molecule has 0 atom stereocenters. The minimum absolute atomic E-state index is 0.312. The highest BCUT2D eigenvalue weighted by molar-refractivity contribution is 5.47. The highest BCUT2D eigenvalue weighted by atomic mass is 15.2. The van der Waals surface area contributed by atoms with Gasteiger partial charge in [0.25, 0.3) is 0 Å². The first kappa shape index (κ1) is 13.1. The average Bonchev–Trinajstić information content (AvgIpc) is 2.38. The number of aromatic nitrogens is 2. The standard InChI is InChI=1S/C14H24N4/c1-10(2)14-16-12(15)9-13(17-14)18(3)11-7-5-4-6-8-11/h9-11H,4-8H2,1-3H3,(H2,15,16,17). The van der Waals surface area contributed by atoms with Gasteiger partial charge in [-0.2, -0.15) is 0 Å². The van der Waals surface area contributed by atoms with Gasteiger partial charge in [0.15, 0.2) is 0 Å². The Morgan fingerprint density at radius 3 is 2.50 bits per heavy atom. The Kier molecular flexibility index (Phi) is 4.04. The molecule has 1 fully saturated rings. The molecule has 100 valence electrons. The molecule has 0 unspecified atom stereocenters. The molecule has 0 saturated heterocycles. The summed E-state index contributed by atoms with van der Waals surface area (Å²) in [6, 6.07) is 2.49. The molecule has 0 amide bonds. The van der Waals surface area contributed by atoms with Crippen LogP contribution in [0.25, 0.3) is 0 Å². The first-order valence-corrected chi connectivity index (χ1v) is 6.95. The van der Waals surface area contributed by atoms with Gasteiger partial charge in [-0.25, -0.2) is 9.97 Å². The van der Waals surface area contributed by atoms with E-state index in [0.717, 1.165) is 11.6 Å². The van der Waals surface area contributed by atoms with Crippen molar-refractivity contribution >= 4 is 11.6 Å². The minimum atomic E-state index is 0.312. The van der Waals surface area contributed by atoms with Crippen LogP contribution in [0.4, 0.5) is 11.6 Å². The molecule has 0 radical (unpaired) electrons. The van der Waals surface area contributed by atoms with Crippen molar-refractivity contribution in [1.29, 1.82) is 0 Å². The molecule has 4 nitrogen and oxygen atoms in total. The number of hydrogen-bond acceptors (Lipinski definition) is 4. The van der Waals surface area contributed by atoms with E-state index in [2.05, 4.69) is 35.8 Å². The molecule has 1 saturated carbocycles. The Balaban J connectivity index is 2.20. The maximum Gasteiger partial charge on any atom is 0.135 e. The second-order valence-corrected chi connectivity index (χ2v) is 5.57. The molecular weight excluding hydrogens is 224 g/mol. The van der Waals surface area contributed by atoms with Crippen molar-refractivity contribution < 1.29 is 0 Å². The van der Waals surface area contributed by atoms with E-state index in [1.165, 1.54) is 32.1 Å². The summed E-state index contributed by atoms with van der Waals surface area (Å²) in [5.74, 6) is 2.70. The van der Waals surface area contributed by atoms with Crippen molar-refractivity contribution in [2.24, 2.45) is 0 Å². The van der Waals surface area contributed by atoms with E-state index in [1.54, 1.807) is 0 Å². The lowest BCUT2D eigenvalue weighted by atomic mass is 9.94.